The van der Waals surface area contributed by atoms with E-state index in [4.69, 9.17) is 15.1 Å². The van der Waals surface area contributed by atoms with Crippen molar-refractivity contribution in [3.63, 3.8) is 0 Å². The van der Waals surface area contributed by atoms with Crippen LogP contribution in [0.3, 0.4) is 0 Å². The number of hydroxylamine groups is 2. The molecule has 0 aromatic heterocycles. The number of fused-ring (bicyclic) bond motifs is 2. The van der Waals surface area contributed by atoms with Crippen molar-refractivity contribution >= 4 is 21.8 Å². The highest BCUT2D eigenvalue weighted by Gasteiger charge is 2.57. The number of nitrogens with zero attached hydrogens (tertiary/aromatic N) is 4. The number of hydrogen-bond donors (Lipinski definition) is 2. The lowest BCUT2D eigenvalue weighted by atomic mass is 9.45. The smallest absolute Gasteiger partial charge is 0.240 e. The second-order valence-corrected chi connectivity index (χ2v) is 11.9. The standard InChI is InChI=1S/C25H35BrFN5O4/c1-12-16-8-14(25(16,3)4)9-19(12)30-24(34)22-21(13(2)33)20(10-29-31-28)36-32(22)11-15-18(27)7-6-17(26)23(15)35-5/h6-7,12-14,16,19-22,33H,8-11H2,1-5H3,(H,30,34)/t12-,13-,14-,16+,19-,20-,21+,22-/m0/s1. The third-order valence-corrected chi connectivity index (χ3v) is 9.51. The summed E-state index contributed by atoms with van der Waals surface area (Å²) in [7, 11) is 1.44. The largest absolute Gasteiger partial charge is 0.495 e. The Balaban J connectivity index is 1.63. The summed E-state index contributed by atoms with van der Waals surface area (Å²) in [5.74, 6) is 0.252. The van der Waals surface area contributed by atoms with E-state index in [0.29, 0.717) is 28.0 Å². The van der Waals surface area contributed by atoms with Gasteiger partial charge in [-0.3, -0.25) is 9.63 Å². The van der Waals surface area contributed by atoms with E-state index in [2.05, 4.69) is 52.0 Å². The van der Waals surface area contributed by atoms with Gasteiger partial charge in [-0.25, -0.2) is 4.39 Å². The first kappa shape index (κ1) is 27.1. The summed E-state index contributed by atoms with van der Waals surface area (Å²) in [6.07, 6.45) is 0.412. The van der Waals surface area contributed by atoms with Crippen molar-refractivity contribution in [2.24, 2.45) is 34.2 Å². The van der Waals surface area contributed by atoms with E-state index in [0.717, 1.165) is 6.42 Å². The summed E-state index contributed by atoms with van der Waals surface area (Å²) >= 11 is 3.38. The molecule has 0 spiro atoms. The van der Waals surface area contributed by atoms with E-state index in [1.54, 1.807) is 13.0 Å². The molecule has 198 valence electrons. The Hall–Kier alpha value is -1.91. The number of ether oxygens (including phenoxy) is 1. The minimum atomic E-state index is -0.935. The Morgan fingerprint density at radius 3 is 2.78 bits per heavy atom. The van der Waals surface area contributed by atoms with Crippen LogP contribution in [0.5, 0.6) is 5.75 Å². The van der Waals surface area contributed by atoms with Crippen LogP contribution in [0, 0.1) is 34.9 Å². The van der Waals surface area contributed by atoms with E-state index < -0.39 is 30.0 Å². The lowest BCUT2D eigenvalue weighted by Gasteiger charge is -2.62. The van der Waals surface area contributed by atoms with Crippen molar-refractivity contribution in [1.82, 2.24) is 10.4 Å². The molecule has 4 aliphatic rings. The van der Waals surface area contributed by atoms with E-state index in [1.165, 1.54) is 24.7 Å². The van der Waals surface area contributed by atoms with Crippen molar-refractivity contribution in [2.45, 2.75) is 71.4 Å². The molecule has 9 nitrogen and oxygen atoms in total. The Bertz CT molecular complexity index is 1050. The van der Waals surface area contributed by atoms with Gasteiger partial charge in [-0.2, -0.15) is 5.06 Å². The second kappa shape index (κ2) is 10.5. The number of halogens is 2. The van der Waals surface area contributed by atoms with Gasteiger partial charge >= 0.3 is 0 Å². The molecule has 0 unspecified atom stereocenters. The topological polar surface area (TPSA) is 120 Å². The van der Waals surface area contributed by atoms with Gasteiger partial charge in [0.05, 0.1) is 36.9 Å². The molecular weight excluding hydrogens is 533 g/mol. The molecule has 1 heterocycles. The number of azide groups is 1. The van der Waals surface area contributed by atoms with Crippen LogP contribution in [0.25, 0.3) is 10.4 Å². The zero-order chi connectivity index (χ0) is 26.4. The summed E-state index contributed by atoms with van der Waals surface area (Å²) in [6.45, 7) is 8.22. The fourth-order valence-electron chi connectivity index (χ4n) is 6.70. The van der Waals surface area contributed by atoms with Crippen molar-refractivity contribution in [2.75, 3.05) is 13.7 Å². The molecule has 2 bridgehead atoms. The average molecular weight is 568 g/mol. The molecule has 3 aliphatic carbocycles. The number of methoxy groups -OCH3 is 1. The minimum Gasteiger partial charge on any atom is -0.495 e. The lowest BCUT2D eigenvalue weighted by Crippen LogP contribution is -2.62. The highest BCUT2D eigenvalue weighted by molar-refractivity contribution is 9.10. The predicted octanol–water partition coefficient (Wildman–Crippen LogP) is 4.58. The van der Waals surface area contributed by atoms with Crippen LogP contribution in [0.4, 0.5) is 4.39 Å². The Labute approximate surface area is 219 Å². The summed E-state index contributed by atoms with van der Waals surface area (Å²) in [5.41, 5.74) is 9.35. The van der Waals surface area contributed by atoms with Gasteiger partial charge < -0.3 is 15.2 Å². The van der Waals surface area contributed by atoms with E-state index in [9.17, 15) is 14.3 Å². The van der Waals surface area contributed by atoms with Gasteiger partial charge in [-0.1, -0.05) is 25.9 Å². The van der Waals surface area contributed by atoms with Crippen LogP contribution in [-0.2, 0) is 16.2 Å². The van der Waals surface area contributed by atoms with Crippen LogP contribution >= 0.6 is 15.9 Å². The molecular formula is C25H35BrFN5O4. The highest BCUT2D eigenvalue weighted by atomic mass is 79.9. The third-order valence-electron chi connectivity index (χ3n) is 8.88. The summed E-state index contributed by atoms with van der Waals surface area (Å²) in [5, 5.41) is 18.9. The van der Waals surface area contributed by atoms with Crippen molar-refractivity contribution in [3.05, 3.63) is 38.4 Å². The zero-order valence-electron chi connectivity index (χ0n) is 21.3. The van der Waals surface area contributed by atoms with Crippen LogP contribution in [0.15, 0.2) is 21.7 Å². The van der Waals surface area contributed by atoms with Crippen molar-refractivity contribution < 1.29 is 23.9 Å². The quantitative estimate of drug-likeness (QED) is 0.271. The number of amides is 1. The second-order valence-electron chi connectivity index (χ2n) is 11.0. The molecule has 1 amide bonds. The molecule has 3 saturated carbocycles. The maximum atomic E-state index is 14.9. The lowest BCUT2D eigenvalue weighted by molar-refractivity contribution is -0.176. The molecule has 1 aromatic rings. The monoisotopic (exact) mass is 567 g/mol. The molecule has 0 radical (unpaired) electrons. The van der Waals surface area contributed by atoms with Gasteiger partial charge in [-0.15, -0.1) is 0 Å². The first-order chi connectivity index (χ1) is 17.0. The number of aliphatic hydroxyl groups excluding tert-OH is 1. The van der Waals surface area contributed by atoms with Crippen LogP contribution in [0.1, 0.15) is 46.1 Å². The summed E-state index contributed by atoms with van der Waals surface area (Å²) in [4.78, 5) is 22.7. The maximum Gasteiger partial charge on any atom is 0.240 e. The number of benzene rings is 1. The first-order valence-electron chi connectivity index (χ1n) is 12.4. The Morgan fingerprint density at radius 2 is 2.19 bits per heavy atom. The Kier molecular flexibility index (Phi) is 7.88. The number of carbonyl (C=O) groups is 1. The number of rotatable bonds is 8. The number of hydrogen-bond acceptors (Lipinski definition) is 6. The van der Waals surface area contributed by atoms with Crippen molar-refractivity contribution in [1.29, 1.82) is 0 Å². The third kappa shape index (κ3) is 4.72. The Morgan fingerprint density at radius 1 is 1.47 bits per heavy atom. The van der Waals surface area contributed by atoms with Gasteiger partial charge in [0.15, 0.2) is 0 Å². The van der Waals surface area contributed by atoms with Crippen LogP contribution < -0.4 is 10.1 Å². The van der Waals surface area contributed by atoms with E-state index >= 15 is 0 Å². The van der Waals surface area contributed by atoms with Gasteiger partial charge in [0.2, 0.25) is 5.91 Å². The fourth-order valence-corrected chi connectivity index (χ4v) is 7.23. The van der Waals surface area contributed by atoms with E-state index in [1.807, 2.05) is 0 Å². The molecule has 11 heteroatoms. The number of nitrogens with one attached hydrogen (secondary N) is 1. The molecule has 4 fully saturated rings. The van der Waals surface area contributed by atoms with Crippen molar-refractivity contribution in [3.8, 4) is 5.75 Å². The fraction of sp³-hybridized carbons (Fsp3) is 0.720. The van der Waals surface area contributed by atoms with E-state index in [-0.39, 0.29) is 36.0 Å². The van der Waals surface area contributed by atoms with Crippen LogP contribution in [0.2, 0.25) is 0 Å². The molecule has 1 aliphatic heterocycles. The van der Waals surface area contributed by atoms with Gasteiger partial charge in [0.25, 0.3) is 0 Å². The average Bonchev–Trinajstić information content (AvgIpc) is 3.19. The predicted molar refractivity (Wildman–Crippen MR) is 135 cm³/mol. The van der Waals surface area contributed by atoms with Gasteiger partial charge in [-0.05, 0) is 76.5 Å². The van der Waals surface area contributed by atoms with Gasteiger partial charge in [0.1, 0.15) is 17.6 Å². The molecule has 1 saturated heterocycles. The summed E-state index contributed by atoms with van der Waals surface area (Å²) in [6, 6.07) is 1.96. The highest BCUT2D eigenvalue weighted by Crippen LogP contribution is 2.61. The molecule has 36 heavy (non-hydrogen) atoms. The maximum absolute atomic E-state index is 14.9. The van der Waals surface area contributed by atoms with Gasteiger partial charge in [0, 0.05) is 22.4 Å². The van der Waals surface area contributed by atoms with Crippen LogP contribution in [-0.4, -0.2) is 54.0 Å². The molecule has 8 atom stereocenters. The number of aliphatic hydroxyl groups is 1. The molecule has 1 aromatic carbocycles. The zero-order valence-corrected chi connectivity index (χ0v) is 22.9. The summed E-state index contributed by atoms with van der Waals surface area (Å²) < 4.78 is 20.9. The number of carbonyl (C=O) groups excluding carboxylic acids is 1. The SMILES string of the molecule is COc1c(Br)ccc(F)c1CN1O[C@@H](CN=[N+]=[N-])[C@@H]([C@H](C)O)[C@H]1C(=O)N[C@H]1C[C@@H]2C[C@H]([C@@H]1C)C2(C)C. The molecule has 2 N–H and O–H groups in total. The molecule has 5 rings (SSSR count). The minimum absolute atomic E-state index is 0.0131. The normalized spacial score (nSPS) is 33.8. The first-order valence-corrected chi connectivity index (χ1v) is 13.2.